The molecule has 0 amide bonds. The standard InChI is InChI=1S/C13H16O4/c1-7-5-4-6-10(8(2)12(14)15)11(7)9(3)13(16)17/h4-6,8-9H,1-3H3,(H,14,15)(H,16,17). The van der Waals surface area contributed by atoms with Crippen LogP contribution in [0.15, 0.2) is 18.2 Å². The first-order valence-corrected chi connectivity index (χ1v) is 5.41. The summed E-state index contributed by atoms with van der Waals surface area (Å²) in [7, 11) is 0. The van der Waals surface area contributed by atoms with Gasteiger partial charge in [-0.15, -0.1) is 0 Å². The van der Waals surface area contributed by atoms with Crippen LogP contribution in [0.3, 0.4) is 0 Å². The van der Waals surface area contributed by atoms with Crippen LogP contribution in [0.2, 0.25) is 0 Å². The van der Waals surface area contributed by atoms with E-state index in [1.54, 1.807) is 39.0 Å². The quantitative estimate of drug-likeness (QED) is 0.841. The third-order valence-electron chi connectivity index (χ3n) is 3.00. The minimum absolute atomic E-state index is 0.576. The smallest absolute Gasteiger partial charge is 0.310 e. The van der Waals surface area contributed by atoms with E-state index in [0.717, 1.165) is 5.56 Å². The molecular formula is C13H16O4. The van der Waals surface area contributed by atoms with Gasteiger partial charge in [-0.2, -0.15) is 0 Å². The molecule has 2 unspecified atom stereocenters. The van der Waals surface area contributed by atoms with Gasteiger partial charge in [0, 0.05) is 0 Å². The number of hydrogen-bond acceptors (Lipinski definition) is 2. The summed E-state index contributed by atoms with van der Waals surface area (Å²) < 4.78 is 0. The summed E-state index contributed by atoms with van der Waals surface area (Å²) >= 11 is 0. The van der Waals surface area contributed by atoms with E-state index in [-0.39, 0.29) is 0 Å². The molecule has 0 radical (unpaired) electrons. The van der Waals surface area contributed by atoms with Crippen LogP contribution in [-0.2, 0) is 9.59 Å². The molecule has 2 atom stereocenters. The van der Waals surface area contributed by atoms with Crippen LogP contribution in [0, 0.1) is 6.92 Å². The number of aryl methyl sites for hydroxylation is 1. The molecule has 0 bridgehead atoms. The third kappa shape index (κ3) is 2.64. The van der Waals surface area contributed by atoms with Crippen molar-refractivity contribution in [3.05, 3.63) is 34.9 Å². The van der Waals surface area contributed by atoms with Gasteiger partial charge in [-0.25, -0.2) is 0 Å². The van der Waals surface area contributed by atoms with Crippen molar-refractivity contribution >= 4 is 11.9 Å². The van der Waals surface area contributed by atoms with Gasteiger partial charge in [-0.1, -0.05) is 18.2 Å². The zero-order valence-electron chi connectivity index (χ0n) is 10.1. The number of carboxylic acids is 2. The van der Waals surface area contributed by atoms with Crippen molar-refractivity contribution in [3.8, 4) is 0 Å². The Labute approximate surface area is 99.9 Å². The zero-order valence-corrected chi connectivity index (χ0v) is 10.1. The molecule has 4 nitrogen and oxygen atoms in total. The normalized spacial score (nSPS) is 14.1. The lowest BCUT2D eigenvalue weighted by Gasteiger charge is -2.18. The van der Waals surface area contributed by atoms with Crippen LogP contribution < -0.4 is 0 Å². The van der Waals surface area contributed by atoms with Gasteiger partial charge < -0.3 is 10.2 Å². The topological polar surface area (TPSA) is 74.6 Å². The molecule has 0 fully saturated rings. The van der Waals surface area contributed by atoms with Crippen molar-refractivity contribution in [1.29, 1.82) is 0 Å². The highest BCUT2D eigenvalue weighted by Gasteiger charge is 2.24. The van der Waals surface area contributed by atoms with E-state index in [0.29, 0.717) is 11.1 Å². The van der Waals surface area contributed by atoms with Gasteiger partial charge in [-0.05, 0) is 37.5 Å². The van der Waals surface area contributed by atoms with Gasteiger partial charge in [-0.3, -0.25) is 9.59 Å². The molecule has 0 aliphatic heterocycles. The van der Waals surface area contributed by atoms with E-state index >= 15 is 0 Å². The largest absolute Gasteiger partial charge is 0.481 e. The van der Waals surface area contributed by atoms with Crippen LogP contribution in [0.25, 0.3) is 0 Å². The maximum atomic E-state index is 11.0. The number of carboxylic acid groups (broad SMARTS) is 2. The van der Waals surface area contributed by atoms with Crippen LogP contribution in [0.1, 0.15) is 42.4 Å². The molecule has 92 valence electrons. The molecule has 2 N–H and O–H groups in total. The van der Waals surface area contributed by atoms with Crippen molar-refractivity contribution in [2.24, 2.45) is 0 Å². The number of hydrogen-bond donors (Lipinski definition) is 2. The summed E-state index contributed by atoms with van der Waals surface area (Å²) in [5.41, 5.74) is 1.99. The minimum atomic E-state index is -0.950. The Hall–Kier alpha value is -1.84. The van der Waals surface area contributed by atoms with E-state index in [4.69, 9.17) is 10.2 Å². The molecule has 0 saturated heterocycles. The highest BCUT2D eigenvalue weighted by Crippen LogP contribution is 2.29. The molecule has 4 heteroatoms. The number of aliphatic carboxylic acids is 2. The molecule has 0 aliphatic carbocycles. The zero-order chi connectivity index (χ0) is 13.2. The lowest BCUT2D eigenvalue weighted by molar-refractivity contribution is -0.140. The van der Waals surface area contributed by atoms with Crippen molar-refractivity contribution < 1.29 is 19.8 Å². The summed E-state index contributed by atoms with van der Waals surface area (Å²) in [6.07, 6.45) is 0. The van der Waals surface area contributed by atoms with E-state index in [1.165, 1.54) is 0 Å². The van der Waals surface area contributed by atoms with E-state index < -0.39 is 23.8 Å². The third-order valence-corrected chi connectivity index (χ3v) is 3.00. The molecule has 0 saturated carbocycles. The molecule has 0 aromatic heterocycles. The summed E-state index contributed by atoms with van der Waals surface area (Å²) in [4.78, 5) is 22.1. The summed E-state index contributed by atoms with van der Waals surface area (Å²) in [5.74, 6) is -3.30. The highest BCUT2D eigenvalue weighted by molar-refractivity contribution is 5.80. The second-order valence-electron chi connectivity index (χ2n) is 4.20. The molecule has 17 heavy (non-hydrogen) atoms. The number of benzene rings is 1. The Morgan fingerprint density at radius 2 is 1.59 bits per heavy atom. The van der Waals surface area contributed by atoms with Crippen molar-refractivity contribution in [2.45, 2.75) is 32.6 Å². The van der Waals surface area contributed by atoms with Crippen LogP contribution in [-0.4, -0.2) is 22.2 Å². The monoisotopic (exact) mass is 236 g/mol. The fraction of sp³-hybridized carbons (Fsp3) is 0.385. The maximum Gasteiger partial charge on any atom is 0.310 e. The van der Waals surface area contributed by atoms with E-state index in [9.17, 15) is 9.59 Å². The van der Waals surface area contributed by atoms with Crippen LogP contribution in [0.4, 0.5) is 0 Å². The average molecular weight is 236 g/mol. The van der Waals surface area contributed by atoms with Gasteiger partial charge in [0.25, 0.3) is 0 Å². The lowest BCUT2D eigenvalue weighted by Crippen LogP contribution is -2.16. The Morgan fingerprint density at radius 3 is 2.06 bits per heavy atom. The van der Waals surface area contributed by atoms with E-state index in [2.05, 4.69) is 0 Å². The Balaban J connectivity index is 3.36. The predicted octanol–water partition coefficient (Wildman–Crippen LogP) is 2.37. The van der Waals surface area contributed by atoms with Gasteiger partial charge in [0.15, 0.2) is 0 Å². The fourth-order valence-electron chi connectivity index (χ4n) is 1.93. The minimum Gasteiger partial charge on any atom is -0.481 e. The molecule has 1 aromatic rings. The Morgan fingerprint density at radius 1 is 1.06 bits per heavy atom. The molecule has 0 spiro atoms. The molecule has 0 aliphatic rings. The average Bonchev–Trinajstić information content (AvgIpc) is 2.26. The Kier molecular flexibility index (Phi) is 3.89. The maximum absolute atomic E-state index is 11.0. The first-order chi connectivity index (χ1) is 7.86. The van der Waals surface area contributed by atoms with Gasteiger partial charge in [0.2, 0.25) is 0 Å². The summed E-state index contributed by atoms with van der Waals surface area (Å²) in [5, 5.41) is 18.1. The fourth-order valence-corrected chi connectivity index (χ4v) is 1.93. The van der Waals surface area contributed by atoms with Gasteiger partial charge >= 0.3 is 11.9 Å². The van der Waals surface area contributed by atoms with Crippen molar-refractivity contribution in [2.75, 3.05) is 0 Å². The highest BCUT2D eigenvalue weighted by atomic mass is 16.4. The van der Waals surface area contributed by atoms with Crippen LogP contribution >= 0.6 is 0 Å². The Bertz CT molecular complexity index is 451. The first kappa shape index (κ1) is 13.2. The van der Waals surface area contributed by atoms with Crippen molar-refractivity contribution in [1.82, 2.24) is 0 Å². The van der Waals surface area contributed by atoms with Gasteiger partial charge in [0.05, 0.1) is 11.8 Å². The molecule has 1 aromatic carbocycles. The second kappa shape index (κ2) is 4.99. The van der Waals surface area contributed by atoms with Gasteiger partial charge in [0.1, 0.15) is 0 Å². The number of carbonyl (C=O) groups is 2. The van der Waals surface area contributed by atoms with Crippen molar-refractivity contribution in [3.63, 3.8) is 0 Å². The molecule has 1 rings (SSSR count). The summed E-state index contributed by atoms with van der Waals surface area (Å²) in [6, 6.07) is 5.23. The molecular weight excluding hydrogens is 220 g/mol. The predicted molar refractivity (Wildman–Crippen MR) is 63.3 cm³/mol. The SMILES string of the molecule is Cc1cccc(C(C)C(=O)O)c1C(C)C(=O)O. The summed E-state index contributed by atoms with van der Waals surface area (Å²) in [6.45, 7) is 4.94. The first-order valence-electron chi connectivity index (χ1n) is 5.41. The molecule has 0 heterocycles. The van der Waals surface area contributed by atoms with Crippen LogP contribution in [0.5, 0.6) is 0 Å². The lowest BCUT2D eigenvalue weighted by atomic mass is 9.86. The van der Waals surface area contributed by atoms with E-state index in [1.807, 2.05) is 0 Å². The second-order valence-corrected chi connectivity index (χ2v) is 4.20. The number of rotatable bonds is 4.